The highest BCUT2D eigenvalue weighted by atomic mass is 35.5. The summed E-state index contributed by atoms with van der Waals surface area (Å²) < 4.78 is 1.89. The molecule has 1 aromatic heterocycles. The standard InChI is InChI=1S/C9H11N3.ClH/c1-6-3-4-7-8(5-6)12(2)9(10)11-7;/h3-5H,1-2H3,(H2,10,11);1H. The number of aryl methyl sites for hydroxylation is 2. The summed E-state index contributed by atoms with van der Waals surface area (Å²) in [5.41, 5.74) is 8.93. The molecule has 70 valence electrons. The summed E-state index contributed by atoms with van der Waals surface area (Å²) in [5, 5.41) is 0. The second-order valence-corrected chi connectivity index (χ2v) is 3.02. The zero-order valence-corrected chi connectivity index (χ0v) is 8.43. The van der Waals surface area contributed by atoms with Gasteiger partial charge in [-0.25, -0.2) is 4.98 Å². The predicted octanol–water partition coefficient (Wildman–Crippen LogP) is 1.89. The van der Waals surface area contributed by atoms with Crippen molar-refractivity contribution in [3.8, 4) is 0 Å². The van der Waals surface area contributed by atoms with E-state index in [4.69, 9.17) is 5.73 Å². The fourth-order valence-electron chi connectivity index (χ4n) is 1.32. The lowest BCUT2D eigenvalue weighted by atomic mass is 10.2. The summed E-state index contributed by atoms with van der Waals surface area (Å²) in [4.78, 5) is 4.19. The molecule has 4 heteroatoms. The third kappa shape index (κ3) is 1.47. The van der Waals surface area contributed by atoms with E-state index in [0.717, 1.165) is 11.0 Å². The molecule has 0 atom stereocenters. The van der Waals surface area contributed by atoms with Crippen LogP contribution in [-0.2, 0) is 7.05 Å². The number of hydrogen-bond donors (Lipinski definition) is 1. The third-order valence-electron chi connectivity index (χ3n) is 2.07. The fraction of sp³-hybridized carbons (Fsp3) is 0.222. The summed E-state index contributed by atoms with van der Waals surface area (Å²) in [6, 6.07) is 6.11. The van der Waals surface area contributed by atoms with Gasteiger partial charge in [-0.3, -0.25) is 0 Å². The smallest absolute Gasteiger partial charge is 0.200 e. The highest BCUT2D eigenvalue weighted by molar-refractivity contribution is 5.85. The molecule has 0 bridgehead atoms. The highest BCUT2D eigenvalue weighted by Gasteiger charge is 2.02. The van der Waals surface area contributed by atoms with Crippen molar-refractivity contribution in [2.45, 2.75) is 6.92 Å². The molecule has 3 nitrogen and oxygen atoms in total. The minimum absolute atomic E-state index is 0. The Morgan fingerprint density at radius 2 is 2.08 bits per heavy atom. The van der Waals surface area contributed by atoms with Gasteiger partial charge in [0.05, 0.1) is 11.0 Å². The van der Waals surface area contributed by atoms with Crippen LogP contribution in [0, 0.1) is 6.92 Å². The lowest BCUT2D eigenvalue weighted by Crippen LogP contribution is -1.96. The number of benzene rings is 1. The van der Waals surface area contributed by atoms with Gasteiger partial charge < -0.3 is 10.3 Å². The molecule has 2 N–H and O–H groups in total. The number of aromatic nitrogens is 2. The number of fused-ring (bicyclic) bond motifs is 1. The monoisotopic (exact) mass is 197 g/mol. The molecule has 0 aliphatic rings. The number of nitrogens with zero attached hydrogens (tertiary/aromatic N) is 2. The summed E-state index contributed by atoms with van der Waals surface area (Å²) in [5.74, 6) is 0.565. The fourth-order valence-corrected chi connectivity index (χ4v) is 1.32. The molecule has 0 amide bonds. The van der Waals surface area contributed by atoms with E-state index in [9.17, 15) is 0 Å². The number of rotatable bonds is 0. The van der Waals surface area contributed by atoms with Crippen molar-refractivity contribution in [2.75, 3.05) is 5.73 Å². The molecule has 13 heavy (non-hydrogen) atoms. The molecule has 0 spiro atoms. The SMILES string of the molecule is Cc1ccc2nc(N)n(C)c2c1.Cl. The van der Waals surface area contributed by atoms with Crippen LogP contribution in [0.15, 0.2) is 18.2 Å². The average Bonchev–Trinajstić information content (AvgIpc) is 2.31. The van der Waals surface area contributed by atoms with Crippen LogP contribution in [0.4, 0.5) is 5.95 Å². The Morgan fingerprint density at radius 1 is 1.38 bits per heavy atom. The maximum absolute atomic E-state index is 5.65. The Bertz CT molecular complexity index is 434. The first-order chi connectivity index (χ1) is 5.68. The van der Waals surface area contributed by atoms with Gasteiger partial charge in [0.2, 0.25) is 5.95 Å². The predicted molar refractivity (Wildman–Crippen MR) is 57.1 cm³/mol. The van der Waals surface area contributed by atoms with E-state index in [1.54, 1.807) is 0 Å². The summed E-state index contributed by atoms with van der Waals surface area (Å²) >= 11 is 0. The minimum Gasteiger partial charge on any atom is -0.369 e. The number of nitrogen functional groups attached to an aromatic ring is 1. The second kappa shape index (κ2) is 3.26. The molecule has 0 radical (unpaired) electrons. The van der Waals surface area contributed by atoms with Crippen LogP contribution in [0.25, 0.3) is 11.0 Å². The van der Waals surface area contributed by atoms with Gasteiger partial charge in [0, 0.05) is 7.05 Å². The normalized spacial score (nSPS) is 10.0. The molecule has 2 aromatic rings. The van der Waals surface area contributed by atoms with Crippen LogP contribution in [0.5, 0.6) is 0 Å². The lowest BCUT2D eigenvalue weighted by Gasteiger charge is -1.96. The van der Waals surface area contributed by atoms with Gasteiger partial charge in [-0.15, -0.1) is 12.4 Å². The zero-order valence-electron chi connectivity index (χ0n) is 7.61. The summed E-state index contributed by atoms with van der Waals surface area (Å²) in [7, 11) is 1.92. The van der Waals surface area contributed by atoms with Gasteiger partial charge in [-0.2, -0.15) is 0 Å². The topological polar surface area (TPSA) is 43.8 Å². The molecule has 0 saturated carbocycles. The summed E-state index contributed by atoms with van der Waals surface area (Å²) in [6.45, 7) is 2.06. The molecule has 2 rings (SSSR count). The Hall–Kier alpha value is -1.22. The van der Waals surface area contributed by atoms with E-state index in [-0.39, 0.29) is 12.4 Å². The molecular weight excluding hydrogens is 186 g/mol. The van der Waals surface area contributed by atoms with Crippen molar-refractivity contribution < 1.29 is 0 Å². The Morgan fingerprint density at radius 3 is 2.77 bits per heavy atom. The van der Waals surface area contributed by atoms with Crippen LogP contribution < -0.4 is 5.73 Å². The minimum atomic E-state index is 0. The Labute approximate surface area is 83.0 Å². The van der Waals surface area contributed by atoms with Gasteiger partial charge in [0.25, 0.3) is 0 Å². The largest absolute Gasteiger partial charge is 0.369 e. The lowest BCUT2D eigenvalue weighted by molar-refractivity contribution is 0.964. The van der Waals surface area contributed by atoms with Gasteiger partial charge in [0.1, 0.15) is 0 Å². The van der Waals surface area contributed by atoms with Gasteiger partial charge >= 0.3 is 0 Å². The molecule has 1 heterocycles. The second-order valence-electron chi connectivity index (χ2n) is 3.02. The Kier molecular flexibility index (Phi) is 2.48. The van der Waals surface area contributed by atoms with Crippen molar-refractivity contribution in [2.24, 2.45) is 7.05 Å². The first-order valence-electron chi connectivity index (χ1n) is 3.87. The number of nitrogens with two attached hydrogens (primary N) is 1. The Balaban J connectivity index is 0.000000845. The molecule has 0 saturated heterocycles. The first-order valence-corrected chi connectivity index (χ1v) is 3.87. The molecule has 0 aliphatic carbocycles. The molecule has 0 aliphatic heterocycles. The van der Waals surface area contributed by atoms with E-state index in [1.807, 2.05) is 23.7 Å². The van der Waals surface area contributed by atoms with Crippen LogP contribution in [0.3, 0.4) is 0 Å². The van der Waals surface area contributed by atoms with Gasteiger partial charge in [-0.1, -0.05) is 6.07 Å². The third-order valence-corrected chi connectivity index (χ3v) is 2.07. The number of imidazole rings is 1. The van der Waals surface area contributed by atoms with E-state index in [2.05, 4.69) is 18.0 Å². The van der Waals surface area contributed by atoms with Crippen molar-refractivity contribution in [3.05, 3.63) is 23.8 Å². The van der Waals surface area contributed by atoms with Crippen molar-refractivity contribution >= 4 is 29.4 Å². The van der Waals surface area contributed by atoms with Crippen LogP contribution in [0.1, 0.15) is 5.56 Å². The van der Waals surface area contributed by atoms with Crippen molar-refractivity contribution in [3.63, 3.8) is 0 Å². The summed E-state index contributed by atoms with van der Waals surface area (Å²) in [6.07, 6.45) is 0. The number of hydrogen-bond acceptors (Lipinski definition) is 2. The molecule has 0 fully saturated rings. The zero-order chi connectivity index (χ0) is 8.72. The molecule has 1 aromatic carbocycles. The van der Waals surface area contributed by atoms with Crippen molar-refractivity contribution in [1.29, 1.82) is 0 Å². The maximum atomic E-state index is 5.65. The van der Waals surface area contributed by atoms with Crippen LogP contribution in [-0.4, -0.2) is 9.55 Å². The average molecular weight is 198 g/mol. The first kappa shape index (κ1) is 9.86. The van der Waals surface area contributed by atoms with E-state index in [0.29, 0.717) is 5.95 Å². The number of anilines is 1. The highest BCUT2D eigenvalue weighted by Crippen LogP contribution is 2.16. The van der Waals surface area contributed by atoms with Gasteiger partial charge in [0.15, 0.2) is 0 Å². The number of halogens is 1. The molecule has 0 unspecified atom stereocenters. The van der Waals surface area contributed by atoms with E-state index in [1.165, 1.54) is 5.56 Å². The van der Waals surface area contributed by atoms with E-state index < -0.39 is 0 Å². The van der Waals surface area contributed by atoms with E-state index >= 15 is 0 Å². The molecular formula is C9H12ClN3. The van der Waals surface area contributed by atoms with Crippen molar-refractivity contribution in [1.82, 2.24) is 9.55 Å². The van der Waals surface area contributed by atoms with Crippen LogP contribution >= 0.6 is 12.4 Å². The van der Waals surface area contributed by atoms with Gasteiger partial charge in [-0.05, 0) is 24.6 Å². The van der Waals surface area contributed by atoms with Crippen LogP contribution in [0.2, 0.25) is 0 Å². The maximum Gasteiger partial charge on any atom is 0.200 e. The quantitative estimate of drug-likeness (QED) is 0.701.